The summed E-state index contributed by atoms with van der Waals surface area (Å²) in [6.45, 7) is 1.76. The summed E-state index contributed by atoms with van der Waals surface area (Å²) in [4.78, 5) is 8.42. The van der Waals surface area contributed by atoms with Gasteiger partial charge in [0.2, 0.25) is 0 Å². The number of fused-ring (bicyclic) bond motifs is 1. The lowest BCUT2D eigenvalue weighted by atomic mass is 10.0. The number of benzodiazepines with no additional fused rings is 1. The molecule has 0 fully saturated rings. The van der Waals surface area contributed by atoms with Gasteiger partial charge >= 0.3 is 0 Å². The average molecular weight is 385 g/mol. The van der Waals surface area contributed by atoms with Crippen molar-refractivity contribution >= 4 is 29.2 Å². The number of likely N-dealkylation sites (N-methyl/N-ethyl adjacent to an activating group) is 1. The van der Waals surface area contributed by atoms with Crippen LogP contribution in [0.25, 0.3) is 6.08 Å². The van der Waals surface area contributed by atoms with Crippen molar-refractivity contribution in [1.82, 2.24) is 0 Å². The molecule has 0 N–H and O–H groups in total. The molecule has 3 aromatic carbocycles. The number of anilines is 1. The average Bonchev–Trinajstić information content (AvgIpc) is 2.91. The van der Waals surface area contributed by atoms with Crippen LogP contribution >= 0.6 is 11.8 Å². The molecule has 0 aromatic heterocycles. The van der Waals surface area contributed by atoms with Crippen LogP contribution in [0.2, 0.25) is 0 Å². The smallest absolute Gasteiger partial charge is 0.0668 e. The van der Waals surface area contributed by atoms with E-state index in [1.165, 1.54) is 27.3 Å². The topological polar surface area (TPSA) is 15.6 Å². The fourth-order valence-electron chi connectivity index (χ4n) is 3.37. The minimum atomic E-state index is 0.816. The summed E-state index contributed by atoms with van der Waals surface area (Å²) in [5, 5.41) is 0. The Kier molecular flexibility index (Phi) is 5.93. The maximum absolute atomic E-state index is 4.84. The summed E-state index contributed by atoms with van der Waals surface area (Å²) in [5.41, 5.74) is 6.10. The molecular formula is C25H24N2S. The second kappa shape index (κ2) is 8.94. The number of thioether (sulfide) groups is 1. The molecule has 1 aliphatic rings. The molecule has 28 heavy (non-hydrogen) atoms. The van der Waals surface area contributed by atoms with Crippen LogP contribution < -0.4 is 4.90 Å². The molecule has 1 aliphatic heterocycles. The Morgan fingerprint density at radius 3 is 2.54 bits per heavy atom. The minimum Gasteiger partial charge on any atom is -0.372 e. The zero-order valence-electron chi connectivity index (χ0n) is 16.1. The Bertz CT molecular complexity index is 992. The molecule has 3 aromatic rings. The maximum Gasteiger partial charge on any atom is 0.0668 e. The van der Waals surface area contributed by atoms with Gasteiger partial charge in [-0.3, -0.25) is 4.99 Å². The number of hydrogen-bond acceptors (Lipinski definition) is 3. The van der Waals surface area contributed by atoms with Gasteiger partial charge in [-0.25, -0.2) is 0 Å². The normalized spacial score (nSPS) is 13.9. The lowest BCUT2D eigenvalue weighted by Gasteiger charge is -2.18. The molecule has 3 heteroatoms. The first kappa shape index (κ1) is 18.6. The molecule has 1 heterocycles. The van der Waals surface area contributed by atoms with E-state index in [1.54, 1.807) is 0 Å². The Morgan fingerprint density at radius 1 is 0.893 bits per heavy atom. The van der Waals surface area contributed by atoms with Crippen LogP contribution in [0.4, 0.5) is 5.69 Å². The van der Waals surface area contributed by atoms with Gasteiger partial charge in [-0.2, -0.15) is 0 Å². The third-order valence-electron chi connectivity index (χ3n) is 4.92. The maximum atomic E-state index is 4.84. The van der Waals surface area contributed by atoms with Crippen LogP contribution in [-0.2, 0) is 5.75 Å². The van der Waals surface area contributed by atoms with Crippen molar-refractivity contribution < 1.29 is 0 Å². The summed E-state index contributed by atoms with van der Waals surface area (Å²) in [7, 11) is 2.14. The van der Waals surface area contributed by atoms with Crippen LogP contribution in [0, 0.1) is 0 Å². The molecule has 4 rings (SSSR count). The van der Waals surface area contributed by atoms with E-state index in [2.05, 4.69) is 103 Å². The molecule has 0 bridgehead atoms. The van der Waals surface area contributed by atoms with E-state index in [4.69, 9.17) is 4.99 Å². The highest BCUT2D eigenvalue weighted by atomic mass is 32.2. The first-order valence-corrected chi connectivity index (χ1v) is 10.6. The molecule has 0 unspecified atom stereocenters. The van der Waals surface area contributed by atoms with Crippen LogP contribution in [0.5, 0.6) is 0 Å². The SMILES string of the molecule is CN1CCN=C(/C=C/c2ccccc2CSc2ccccc2)c2ccccc21. The molecule has 0 amide bonds. The third kappa shape index (κ3) is 4.37. The molecule has 0 atom stereocenters. The van der Waals surface area contributed by atoms with E-state index in [9.17, 15) is 0 Å². The van der Waals surface area contributed by atoms with E-state index >= 15 is 0 Å². The van der Waals surface area contributed by atoms with Gasteiger partial charge in [0.1, 0.15) is 0 Å². The predicted molar refractivity (Wildman–Crippen MR) is 123 cm³/mol. The van der Waals surface area contributed by atoms with E-state index in [0.29, 0.717) is 0 Å². The number of hydrogen-bond donors (Lipinski definition) is 0. The number of nitrogens with zero attached hydrogens (tertiary/aromatic N) is 2. The minimum absolute atomic E-state index is 0.816. The first-order valence-electron chi connectivity index (χ1n) is 9.60. The highest BCUT2D eigenvalue weighted by Crippen LogP contribution is 2.26. The molecule has 140 valence electrons. The highest BCUT2D eigenvalue weighted by Gasteiger charge is 2.13. The first-order chi connectivity index (χ1) is 13.8. The molecular weight excluding hydrogens is 360 g/mol. The Hall–Kier alpha value is -2.78. The van der Waals surface area contributed by atoms with Crippen LogP contribution in [0.1, 0.15) is 16.7 Å². The van der Waals surface area contributed by atoms with Crippen molar-refractivity contribution in [3.8, 4) is 0 Å². The van der Waals surface area contributed by atoms with Crippen molar-refractivity contribution in [2.24, 2.45) is 4.99 Å². The summed E-state index contributed by atoms with van der Waals surface area (Å²) >= 11 is 1.87. The molecule has 0 spiro atoms. The number of para-hydroxylation sites is 1. The van der Waals surface area contributed by atoms with Gasteiger partial charge in [0.15, 0.2) is 0 Å². The van der Waals surface area contributed by atoms with Crippen molar-refractivity contribution in [1.29, 1.82) is 0 Å². The summed E-state index contributed by atoms with van der Waals surface area (Å²) < 4.78 is 0. The Morgan fingerprint density at radius 2 is 1.64 bits per heavy atom. The summed E-state index contributed by atoms with van der Waals surface area (Å²) in [5.74, 6) is 0.955. The van der Waals surface area contributed by atoms with E-state index in [1.807, 2.05) is 11.8 Å². The number of rotatable bonds is 5. The molecule has 0 saturated carbocycles. The van der Waals surface area contributed by atoms with Crippen LogP contribution in [-0.4, -0.2) is 25.8 Å². The van der Waals surface area contributed by atoms with Gasteiger partial charge in [-0.15, -0.1) is 11.8 Å². The fourth-order valence-corrected chi connectivity index (χ4v) is 4.30. The fraction of sp³-hybridized carbons (Fsp3) is 0.160. The monoisotopic (exact) mass is 384 g/mol. The largest absolute Gasteiger partial charge is 0.372 e. The summed E-state index contributed by atoms with van der Waals surface area (Å²) in [6, 6.07) is 27.7. The molecule has 0 aliphatic carbocycles. The molecule has 0 radical (unpaired) electrons. The van der Waals surface area contributed by atoms with Crippen molar-refractivity contribution in [2.75, 3.05) is 25.0 Å². The summed E-state index contributed by atoms with van der Waals surface area (Å²) in [6.07, 6.45) is 4.38. The highest BCUT2D eigenvalue weighted by molar-refractivity contribution is 7.98. The van der Waals surface area contributed by atoms with E-state index in [0.717, 1.165) is 24.6 Å². The van der Waals surface area contributed by atoms with Gasteiger partial charge in [-0.05, 0) is 35.4 Å². The zero-order chi connectivity index (χ0) is 19.2. The van der Waals surface area contributed by atoms with E-state index < -0.39 is 0 Å². The van der Waals surface area contributed by atoms with Crippen LogP contribution in [0.3, 0.4) is 0 Å². The molecule has 2 nitrogen and oxygen atoms in total. The van der Waals surface area contributed by atoms with Gasteiger partial charge in [0.25, 0.3) is 0 Å². The number of aliphatic imine (C=N–C) groups is 1. The lowest BCUT2D eigenvalue weighted by Crippen LogP contribution is -2.20. The predicted octanol–water partition coefficient (Wildman–Crippen LogP) is 5.93. The Labute approximate surface area is 171 Å². The Balaban J connectivity index is 1.57. The van der Waals surface area contributed by atoms with Crippen molar-refractivity contribution in [3.63, 3.8) is 0 Å². The van der Waals surface area contributed by atoms with Crippen molar-refractivity contribution in [3.05, 3.63) is 102 Å². The van der Waals surface area contributed by atoms with Crippen LogP contribution in [0.15, 0.2) is 94.8 Å². The van der Waals surface area contributed by atoms with Gasteiger partial charge in [0, 0.05) is 35.5 Å². The number of benzene rings is 3. The molecule has 0 saturated heterocycles. The van der Waals surface area contributed by atoms with Crippen molar-refractivity contribution in [2.45, 2.75) is 10.6 Å². The second-order valence-corrected chi connectivity index (χ2v) is 7.89. The van der Waals surface area contributed by atoms with Gasteiger partial charge < -0.3 is 4.90 Å². The third-order valence-corrected chi connectivity index (χ3v) is 5.98. The second-order valence-electron chi connectivity index (χ2n) is 6.84. The lowest BCUT2D eigenvalue weighted by molar-refractivity contribution is 0.897. The standard InChI is InChI=1S/C25H24N2S/c1-27-18-17-26-24(23-13-7-8-14-25(23)27)16-15-20-9-5-6-10-21(20)19-28-22-11-3-2-4-12-22/h2-16H,17-19H2,1H3/b16-15+. The zero-order valence-corrected chi connectivity index (χ0v) is 16.9. The quantitative estimate of drug-likeness (QED) is 0.507. The van der Waals surface area contributed by atoms with E-state index in [-0.39, 0.29) is 0 Å². The number of allylic oxidation sites excluding steroid dienone is 1. The van der Waals surface area contributed by atoms with Gasteiger partial charge in [-0.1, -0.05) is 66.7 Å². The van der Waals surface area contributed by atoms with Gasteiger partial charge in [0.05, 0.1) is 12.3 Å².